The van der Waals surface area contributed by atoms with E-state index in [1.807, 2.05) is 0 Å². The van der Waals surface area contributed by atoms with E-state index >= 15 is 0 Å². The molecular formula is C16H25NO. The molecule has 2 atom stereocenters. The van der Waals surface area contributed by atoms with Gasteiger partial charge in [0.15, 0.2) is 0 Å². The van der Waals surface area contributed by atoms with E-state index in [0.717, 1.165) is 31.1 Å². The number of hydrogen-bond acceptors (Lipinski definition) is 2. The topological polar surface area (TPSA) is 23.5 Å². The summed E-state index contributed by atoms with van der Waals surface area (Å²) in [5.74, 6) is 0.830. The van der Waals surface area contributed by atoms with Crippen LogP contribution >= 0.6 is 0 Å². The highest BCUT2D eigenvalue weighted by molar-refractivity contribution is 5.30. The molecule has 0 bridgehead atoms. The molecule has 1 aliphatic heterocycles. The summed E-state index contributed by atoms with van der Waals surface area (Å²) in [5.41, 5.74) is 3.53. The molecule has 2 heteroatoms. The van der Waals surface area contributed by atoms with Crippen LogP contribution in [0.1, 0.15) is 42.6 Å². The van der Waals surface area contributed by atoms with E-state index in [1.54, 1.807) is 0 Å². The summed E-state index contributed by atoms with van der Waals surface area (Å²) in [6.45, 7) is 9.50. The normalized spacial score (nSPS) is 22.3. The maximum absolute atomic E-state index is 10.3. The van der Waals surface area contributed by atoms with E-state index in [9.17, 15) is 5.11 Å². The first-order valence-electron chi connectivity index (χ1n) is 7.07. The number of hydrogen-bond donors (Lipinski definition) is 1. The zero-order valence-electron chi connectivity index (χ0n) is 11.8. The number of aryl methyl sites for hydroxylation is 2. The van der Waals surface area contributed by atoms with Crippen molar-refractivity contribution in [1.82, 2.24) is 4.90 Å². The van der Waals surface area contributed by atoms with E-state index in [4.69, 9.17) is 0 Å². The number of β-amino-alcohol motifs (C(OH)–C–C–N with tert-alkyl or cyclic N) is 1. The molecule has 0 aliphatic carbocycles. The number of aliphatic hydroxyl groups is 1. The Hall–Kier alpha value is -0.860. The molecule has 1 fully saturated rings. The van der Waals surface area contributed by atoms with E-state index in [-0.39, 0.29) is 6.10 Å². The molecular weight excluding hydrogens is 222 g/mol. The van der Waals surface area contributed by atoms with Crippen molar-refractivity contribution in [3.8, 4) is 0 Å². The van der Waals surface area contributed by atoms with Crippen LogP contribution < -0.4 is 0 Å². The first-order valence-corrected chi connectivity index (χ1v) is 7.07. The molecule has 100 valence electrons. The predicted octanol–water partition coefficient (Wildman–Crippen LogP) is 3.07. The van der Waals surface area contributed by atoms with Crippen molar-refractivity contribution in [2.45, 2.75) is 39.7 Å². The molecule has 2 rings (SSSR count). The molecule has 0 amide bonds. The Morgan fingerprint density at radius 3 is 2.50 bits per heavy atom. The molecule has 0 saturated carbocycles. The highest BCUT2D eigenvalue weighted by Gasteiger charge is 2.23. The third-order valence-electron chi connectivity index (χ3n) is 4.01. The molecule has 0 spiro atoms. The Bertz CT molecular complexity index is 382. The van der Waals surface area contributed by atoms with Crippen LogP contribution in [0.15, 0.2) is 18.2 Å². The molecule has 18 heavy (non-hydrogen) atoms. The third kappa shape index (κ3) is 3.33. The number of aliphatic hydroxyl groups excluding tert-OH is 1. The van der Waals surface area contributed by atoms with Gasteiger partial charge >= 0.3 is 0 Å². The van der Waals surface area contributed by atoms with Gasteiger partial charge in [-0.05, 0) is 38.3 Å². The average Bonchev–Trinajstić information content (AvgIpc) is 2.75. The monoisotopic (exact) mass is 247 g/mol. The minimum absolute atomic E-state index is 0.348. The lowest BCUT2D eigenvalue weighted by atomic mass is 10.0. The molecule has 1 aromatic rings. The number of rotatable bonds is 4. The van der Waals surface area contributed by atoms with Crippen molar-refractivity contribution in [3.63, 3.8) is 0 Å². The van der Waals surface area contributed by atoms with E-state index in [0.29, 0.717) is 0 Å². The summed E-state index contributed by atoms with van der Waals surface area (Å²) in [6.07, 6.45) is 2.20. The maximum Gasteiger partial charge on any atom is 0.0917 e. The van der Waals surface area contributed by atoms with Crippen LogP contribution in [-0.2, 0) is 0 Å². The number of nitrogens with zero attached hydrogens (tertiary/aromatic N) is 1. The summed E-state index contributed by atoms with van der Waals surface area (Å²) in [6, 6.07) is 6.36. The molecule has 0 aromatic heterocycles. The van der Waals surface area contributed by atoms with Crippen molar-refractivity contribution in [2.24, 2.45) is 5.92 Å². The van der Waals surface area contributed by atoms with Crippen LogP contribution in [0.5, 0.6) is 0 Å². The van der Waals surface area contributed by atoms with Gasteiger partial charge < -0.3 is 10.0 Å². The van der Waals surface area contributed by atoms with Gasteiger partial charge in [0.25, 0.3) is 0 Å². The lowest BCUT2D eigenvalue weighted by molar-refractivity contribution is 0.124. The maximum atomic E-state index is 10.3. The fourth-order valence-electron chi connectivity index (χ4n) is 2.96. The zero-order chi connectivity index (χ0) is 13.1. The van der Waals surface area contributed by atoms with Crippen molar-refractivity contribution in [2.75, 3.05) is 19.6 Å². The van der Waals surface area contributed by atoms with Gasteiger partial charge in [-0.25, -0.2) is 0 Å². The van der Waals surface area contributed by atoms with Crippen molar-refractivity contribution < 1.29 is 5.11 Å². The predicted molar refractivity (Wildman–Crippen MR) is 75.7 cm³/mol. The van der Waals surface area contributed by atoms with Gasteiger partial charge in [-0.3, -0.25) is 0 Å². The van der Waals surface area contributed by atoms with Crippen LogP contribution in [0.4, 0.5) is 0 Å². The van der Waals surface area contributed by atoms with E-state index < -0.39 is 0 Å². The highest BCUT2D eigenvalue weighted by atomic mass is 16.3. The van der Waals surface area contributed by atoms with Crippen LogP contribution in [0.3, 0.4) is 0 Å². The Kier molecular flexibility index (Phi) is 4.41. The minimum atomic E-state index is -0.348. The highest BCUT2D eigenvalue weighted by Crippen LogP contribution is 2.23. The van der Waals surface area contributed by atoms with Gasteiger partial charge in [-0.2, -0.15) is 0 Å². The summed E-state index contributed by atoms with van der Waals surface area (Å²) >= 11 is 0. The number of likely N-dealkylation sites (tertiary alicyclic amines) is 1. The van der Waals surface area contributed by atoms with Crippen molar-refractivity contribution >= 4 is 0 Å². The summed E-state index contributed by atoms with van der Waals surface area (Å²) in [7, 11) is 0. The molecule has 1 N–H and O–H groups in total. The Balaban J connectivity index is 1.97. The van der Waals surface area contributed by atoms with Crippen LogP contribution in [0.2, 0.25) is 0 Å². The number of benzene rings is 1. The van der Waals surface area contributed by atoms with Gasteiger partial charge in [0.2, 0.25) is 0 Å². The Morgan fingerprint density at radius 2 is 1.94 bits per heavy atom. The van der Waals surface area contributed by atoms with Crippen molar-refractivity contribution in [3.05, 3.63) is 34.9 Å². The largest absolute Gasteiger partial charge is 0.387 e. The van der Waals surface area contributed by atoms with Crippen LogP contribution in [0, 0.1) is 19.8 Å². The second kappa shape index (κ2) is 5.85. The first-order chi connectivity index (χ1) is 8.58. The average molecular weight is 247 g/mol. The van der Waals surface area contributed by atoms with E-state index in [1.165, 1.54) is 24.0 Å². The van der Waals surface area contributed by atoms with Gasteiger partial charge in [-0.15, -0.1) is 0 Å². The van der Waals surface area contributed by atoms with Gasteiger partial charge in [0, 0.05) is 13.1 Å². The summed E-state index contributed by atoms with van der Waals surface area (Å²) < 4.78 is 0. The second-order valence-electron chi connectivity index (χ2n) is 5.76. The zero-order valence-corrected chi connectivity index (χ0v) is 11.8. The Morgan fingerprint density at radius 1 is 1.28 bits per heavy atom. The molecule has 1 aromatic carbocycles. The van der Waals surface area contributed by atoms with Gasteiger partial charge in [-0.1, -0.05) is 42.7 Å². The first kappa shape index (κ1) is 13.6. The summed E-state index contributed by atoms with van der Waals surface area (Å²) in [5, 5.41) is 10.3. The fraction of sp³-hybridized carbons (Fsp3) is 0.625. The van der Waals surface area contributed by atoms with Crippen LogP contribution in [-0.4, -0.2) is 29.6 Å². The van der Waals surface area contributed by atoms with Crippen LogP contribution in [0.25, 0.3) is 0 Å². The van der Waals surface area contributed by atoms with E-state index in [2.05, 4.69) is 43.9 Å². The fourth-order valence-corrected chi connectivity index (χ4v) is 2.96. The molecule has 1 heterocycles. The van der Waals surface area contributed by atoms with Gasteiger partial charge in [0.05, 0.1) is 6.10 Å². The SMILES string of the molecule is CCC1CCN(CC(O)c2cc(C)cc(C)c2)C1. The van der Waals surface area contributed by atoms with Gasteiger partial charge in [0.1, 0.15) is 0 Å². The molecule has 2 nitrogen and oxygen atoms in total. The lowest BCUT2D eigenvalue weighted by Gasteiger charge is -2.21. The lowest BCUT2D eigenvalue weighted by Crippen LogP contribution is -2.26. The van der Waals surface area contributed by atoms with Crippen molar-refractivity contribution in [1.29, 1.82) is 0 Å². The molecule has 1 saturated heterocycles. The molecule has 2 unspecified atom stereocenters. The third-order valence-corrected chi connectivity index (χ3v) is 4.01. The molecule has 1 aliphatic rings. The summed E-state index contributed by atoms with van der Waals surface area (Å²) in [4.78, 5) is 2.40. The smallest absolute Gasteiger partial charge is 0.0917 e. The second-order valence-corrected chi connectivity index (χ2v) is 5.76. The Labute approximate surface area is 111 Å². The minimum Gasteiger partial charge on any atom is -0.387 e. The quantitative estimate of drug-likeness (QED) is 0.884. The molecule has 0 radical (unpaired) electrons. The standard InChI is InChI=1S/C16H25NO/c1-4-14-5-6-17(10-14)11-16(18)15-8-12(2)7-13(3)9-15/h7-9,14,16,18H,4-6,10-11H2,1-3H3.